The van der Waals surface area contributed by atoms with Gasteiger partial charge >= 0.3 is 0 Å². The van der Waals surface area contributed by atoms with Gasteiger partial charge in [0.25, 0.3) is 5.69 Å². The Bertz CT molecular complexity index is 639. The lowest BCUT2D eigenvalue weighted by atomic mass is 10.2. The standard InChI is InChI=1S/C13H15FN4O2/c1-3-11-9(8-17(2)16-11)7-15-12-6-10(14)4-5-13(12)18(19)20/h4-6,8,15H,3,7H2,1-2H3. The van der Waals surface area contributed by atoms with Crippen LogP contribution in [-0.4, -0.2) is 14.7 Å². The van der Waals surface area contributed by atoms with E-state index in [4.69, 9.17) is 0 Å². The Balaban J connectivity index is 2.22. The van der Waals surface area contributed by atoms with Gasteiger partial charge in [0.15, 0.2) is 0 Å². The molecule has 0 aliphatic rings. The predicted octanol–water partition coefficient (Wildman–Crippen LogP) is 2.64. The molecule has 0 spiro atoms. The van der Waals surface area contributed by atoms with Crippen molar-refractivity contribution in [2.45, 2.75) is 19.9 Å². The first-order chi connectivity index (χ1) is 9.51. The van der Waals surface area contributed by atoms with Crippen LogP contribution in [0.1, 0.15) is 18.2 Å². The van der Waals surface area contributed by atoms with E-state index in [-0.39, 0.29) is 11.4 Å². The lowest BCUT2D eigenvalue weighted by molar-refractivity contribution is -0.384. The molecule has 2 aromatic rings. The Hall–Kier alpha value is -2.44. The number of aromatic nitrogens is 2. The third kappa shape index (κ3) is 2.93. The lowest BCUT2D eigenvalue weighted by Gasteiger charge is -2.07. The van der Waals surface area contributed by atoms with E-state index in [9.17, 15) is 14.5 Å². The Morgan fingerprint density at radius 2 is 2.25 bits per heavy atom. The molecule has 7 heteroatoms. The number of nitro benzene ring substituents is 1. The molecule has 0 radical (unpaired) electrons. The molecule has 0 atom stereocenters. The van der Waals surface area contributed by atoms with Crippen LogP contribution in [-0.2, 0) is 20.0 Å². The number of halogens is 1. The lowest BCUT2D eigenvalue weighted by Crippen LogP contribution is -2.04. The van der Waals surface area contributed by atoms with E-state index in [2.05, 4.69) is 10.4 Å². The summed E-state index contributed by atoms with van der Waals surface area (Å²) >= 11 is 0. The first-order valence-electron chi connectivity index (χ1n) is 6.20. The van der Waals surface area contributed by atoms with Crippen LogP contribution in [0.5, 0.6) is 0 Å². The van der Waals surface area contributed by atoms with Crippen LogP contribution in [0.3, 0.4) is 0 Å². The number of benzene rings is 1. The molecule has 0 unspecified atom stereocenters. The Morgan fingerprint density at radius 1 is 1.50 bits per heavy atom. The highest BCUT2D eigenvalue weighted by Crippen LogP contribution is 2.25. The van der Waals surface area contributed by atoms with Gasteiger partial charge in [-0.05, 0) is 12.5 Å². The minimum atomic E-state index is -0.536. The van der Waals surface area contributed by atoms with Crippen molar-refractivity contribution >= 4 is 11.4 Å². The summed E-state index contributed by atoms with van der Waals surface area (Å²) in [6.45, 7) is 2.35. The molecule has 0 amide bonds. The van der Waals surface area contributed by atoms with Gasteiger partial charge in [0, 0.05) is 37.5 Å². The van der Waals surface area contributed by atoms with Gasteiger partial charge in [-0.1, -0.05) is 6.92 Å². The molecule has 0 saturated carbocycles. The summed E-state index contributed by atoms with van der Waals surface area (Å²) in [7, 11) is 1.81. The molecular weight excluding hydrogens is 263 g/mol. The highest BCUT2D eigenvalue weighted by atomic mass is 19.1. The quantitative estimate of drug-likeness (QED) is 0.674. The van der Waals surface area contributed by atoms with Crippen molar-refractivity contribution in [1.29, 1.82) is 0 Å². The zero-order valence-corrected chi connectivity index (χ0v) is 11.3. The zero-order chi connectivity index (χ0) is 14.7. The minimum Gasteiger partial charge on any atom is -0.375 e. The third-order valence-electron chi connectivity index (χ3n) is 2.95. The van der Waals surface area contributed by atoms with E-state index in [1.54, 1.807) is 4.68 Å². The maximum atomic E-state index is 13.2. The highest BCUT2D eigenvalue weighted by molar-refractivity contribution is 5.61. The topological polar surface area (TPSA) is 73.0 Å². The van der Waals surface area contributed by atoms with Gasteiger partial charge in [-0.2, -0.15) is 5.10 Å². The number of rotatable bonds is 5. The number of nitrogens with zero attached hydrogens (tertiary/aromatic N) is 3. The number of hydrogen-bond donors (Lipinski definition) is 1. The second-order valence-corrected chi connectivity index (χ2v) is 4.40. The number of hydrogen-bond acceptors (Lipinski definition) is 4. The summed E-state index contributed by atoms with van der Waals surface area (Å²) in [6.07, 6.45) is 2.61. The summed E-state index contributed by atoms with van der Waals surface area (Å²) in [5.74, 6) is -0.514. The fraction of sp³-hybridized carbons (Fsp3) is 0.308. The summed E-state index contributed by atoms with van der Waals surface area (Å²) < 4.78 is 14.9. The molecule has 0 aliphatic carbocycles. The van der Waals surface area contributed by atoms with Crippen molar-refractivity contribution in [1.82, 2.24) is 9.78 Å². The van der Waals surface area contributed by atoms with Crippen molar-refractivity contribution in [2.24, 2.45) is 7.05 Å². The smallest absolute Gasteiger partial charge is 0.292 e. The molecule has 0 fully saturated rings. The molecule has 0 saturated heterocycles. The molecule has 0 bridgehead atoms. The van der Waals surface area contributed by atoms with E-state index in [0.29, 0.717) is 6.54 Å². The molecule has 1 heterocycles. The number of nitrogens with one attached hydrogen (secondary N) is 1. The number of aryl methyl sites for hydroxylation is 2. The SMILES string of the molecule is CCc1nn(C)cc1CNc1cc(F)ccc1[N+](=O)[O-]. The van der Waals surface area contributed by atoms with Gasteiger partial charge in [-0.15, -0.1) is 0 Å². The van der Waals surface area contributed by atoms with Crippen molar-refractivity contribution in [3.63, 3.8) is 0 Å². The molecule has 1 aromatic heterocycles. The van der Waals surface area contributed by atoms with Gasteiger partial charge in [-0.3, -0.25) is 14.8 Å². The summed E-state index contributed by atoms with van der Waals surface area (Å²) in [5, 5.41) is 18.1. The maximum Gasteiger partial charge on any atom is 0.292 e. The Morgan fingerprint density at radius 3 is 2.90 bits per heavy atom. The van der Waals surface area contributed by atoms with Gasteiger partial charge in [0.05, 0.1) is 10.6 Å². The molecule has 1 N–H and O–H groups in total. The number of anilines is 1. The minimum absolute atomic E-state index is 0.145. The van der Waals surface area contributed by atoms with Gasteiger partial charge in [0.1, 0.15) is 11.5 Å². The van der Waals surface area contributed by atoms with Crippen LogP contribution in [0, 0.1) is 15.9 Å². The molecule has 2 rings (SSSR count). The predicted molar refractivity (Wildman–Crippen MR) is 73.0 cm³/mol. The van der Waals surface area contributed by atoms with Crippen molar-refractivity contribution in [3.05, 3.63) is 51.6 Å². The van der Waals surface area contributed by atoms with Crippen LogP contribution in [0.2, 0.25) is 0 Å². The van der Waals surface area contributed by atoms with E-state index in [1.807, 2.05) is 20.2 Å². The van der Waals surface area contributed by atoms with Crippen molar-refractivity contribution in [3.8, 4) is 0 Å². The van der Waals surface area contributed by atoms with Crippen LogP contribution in [0.4, 0.5) is 15.8 Å². The van der Waals surface area contributed by atoms with Crippen LogP contribution >= 0.6 is 0 Å². The first kappa shape index (κ1) is 14.0. The van der Waals surface area contributed by atoms with Gasteiger partial charge in [0.2, 0.25) is 0 Å². The summed E-state index contributed by atoms with van der Waals surface area (Å²) in [4.78, 5) is 10.4. The van der Waals surface area contributed by atoms with Gasteiger partial charge in [-0.25, -0.2) is 4.39 Å². The second kappa shape index (κ2) is 5.68. The zero-order valence-electron chi connectivity index (χ0n) is 11.3. The van der Waals surface area contributed by atoms with E-state index < -0.39 is 10.7 Å². The fourth-order valence-electron chi connectivity index (χ4n) is 2.03. The molecule has 1 aromatic carbocycles. The molecule has 0 aliphatic heterocycles. The normalized spacial score (nSPS) is 10.6. The van der Waals surface area contributed by atoms with Gasteiger partial charge < -0.3 is 5.32 Å². The van der Waals surface area contributed by atoms with Crippen LogP contribution in [0.25, 0.3) is 0 Å². The summed E-state index contributed by atoms with van der Waals surface area (Å²) in [5.41, 5.74) is 1.88. The third-order valence-corrected chi connectivity index (χ3v) is 2.95. The first-order valence-corrected chi connectivity index (χ1v) is 6.20. The van der Waals surface area contributed by atoms with E-state index in [0.717, 1.165) is 35.9 Å². The average Bonchev–Trinajstić information content (AvgIpc) is 2.76. The Kier molecular flexibility index (Phi) is 3.97. The molecule has 106 valence electrons. The van der Waals surface area contributed by atoms with Crippen LogP contribution < -0.4 is 5.32 Å². The number of nitro groups is 1. The summed E-state index contributed by atoms with van der Waals surface area (Å²) in [6, 6.07) is 3.35. The fourth-order valence-corrected chi connectivity index (χ4v) is 2.03. The maximum absolute atomic E-state index is 13.2. The molecule has 20 heavy (non-hydrogen) atoms. The van der Waals surface area contributed by atoms with Crippen molar-refractivity contribution in [2.75, 3.05) is 5.32 Å². The largest absolute Gasteiger partial charge is 0.375 e. The Labute approximate surface area is 115 Å². The van der Waals surface area contributed by atoms with E-state index >= 15 is 0 Å². The monoisotopic (exact) mass is 278 g/mol. The second-order valence-electron chi connectivity index (χ2n) is 4.40. The van der Waals surface area contributed by atoms with E-state index in [1.165, 1.54) is 0 Å². The molecule has 6 nitrogen and oxygen atoms in total. The molecular formula is C13H15FN4O2. The average molecular weight is 278 g/mol. The highest BCUT2D eigenvalue weighted by Gasteiger charge is 2.15. The van der Waals surface area contributed by atoms with Crippen molar-refractivity contribution < 1.29 is 9.31 Å². The van der Waals surface area contributed by atoms with Crippen LogP contribution in [0.15, 0.2) is 24.4 Å².